The molecule has 2 aliphatic heterocycles. The van der Waals surface area contributed by atoms with Crippen molar-refractivity contribution >= 4 is 17.7 Å². The van der Waals surface area contributed by atoms with Crippen molar-refractivity contribution in [2.45, 2.75) is 82.9 Å². The highest BCUT2D eigenvalue weighted by molar-refractivity contribution is 5.74. The summed E-state index contributed by atoms with van der Waals surface area (Å²) in [6.45, 7) is 7.28. The molecular formula is C35H49N4O5-. The molecular weight excluding hydrogens is 556 g/mol. The molecule has 0 bridgehead atoms. The van der Waals surface area contributed by atoms with Crippen molar-refractivity contribution in [3.63, 3.8) is 0 Å². The average molecular weight is 606 g/mol. The number of piperidine rings is 1. The van der Waals surface area contributed by atoms with Crippen molar-refractivity contribution in [1.29, 1.82) is 0 Å². The minimum absolute atomic E-state index is 0.137. The number of nitrogens with one attached hydrogen (secondary N) is 1. The van der Waals surface area contributed by atoms with Crippen molar-refractivity contribution in [3.05, 3.63) is 70.9 Å². The third kappa shape index (κ3) is 8.11. The minimum Gasteiger partial charge on any atom is -0.761 e. The van der Waals surface area contributed by atoms with E-state index in [0.29, 0.717) is 24.1 Å². The number of aliphatic carboxylic acids is 1. The second kappa shape index (κ2) is 15.7. The maximum Gasteiger partial charge on any atom is 0.410 e. The van der Waals surface area contributed by atoms with E-state index in [1.807, 2.05) is 16.4 Å². The van der Waals surface area contributed by atoms with Crippen LogP contribution in [0.2, 0.25) is 0 Å². The third-order valence-electron chi connectivity index (χ3n) is 10.1. The van der Waals surface area contributed by atoms with Crippen LogP contribution in [0.5, 0.6) is 0 Å². The minimum atomic E-state index is -0.662. The fourth-order valence-electron chi connectivity index (χ4n) is 7.81. The first-order valence-corrected chi connectivity index (χ1v) is 16.6. The van der Waals surface area contributed by atoms with Crippen LogP contribution in [-0.4, -0.2) is 83.2 Å². The second-order valence-corrected chi connectivity index (χ2v) is 13.0. The van der Waals surface area contributed by atoms with Crippen LogP contribution in [0.4, 0.5) is 10.5 Å². The number of rotatable bonds is 12. The third-order valence-corrected chi connectivity index (χ3v) is 10.1. The fraction of sp³-hybridized carbons (Fsp3) is 0.600. The molecule has 1 saturated carbocycles. The number of carboxylic acid groups (broad SMARTS) is 1. The van der Waals surface area contributed by atoms with E-state index in [4.69, 9.17) is 4.74 Å². The van der Waals surface area contributed by atoms with E-state index in [2.05, 4.69) is 41.0 Å². The molecule has 0 spiro atoms. The number of hydrogen-bond donors (Lipinski definition) is 2. The van der Waals surface area contributed by atoms with Gasteiger partial charge in [0.2, 0.25) is 0 Å². The quantitative estimate of drug-likeness (QED) is 0.277. The first-order valence-electron chi connectivity index (χ1n) is 16.6. The van der Waals surface area contributed by atoms with Gasteiger partial charge in [-0.3, -0.25) is 9.69 Å². The lowest BCUT2D eigenvalue weighted by Crippen LogP contribution is -2.49. The molecule has 0 aromatic heterocycles. The van der Waals surface area contributed by atoms with Crippen molar-refractivity contribution < 1.29 is 19.4 Å². The molecule has 2 N–H and O–H groups in total. The molecule has 3 aliphatic rings. The number of carbonyl (C=O) groups is 2. The van der Waals surface area contributed by atoms with Crippen LogP contribution < -0.4 is 5.48 Å². The number of ether oxygens (including phenoxy) is 1. The first kappa shape index (κ1) is 32.3. The lowest BCUT2D eigenvalue weighted by atomic mass is 9.83. The van der Waals surface area contributed by atoms with Crippen molar-refractivity contribution in [3.8, 4) is 0 Å². The fourth-order valence-corrected chi connectivity index (χ4v) is 7.81. The van der Waals surface area contributed by atoms with Gasteiger partial charge in [-0.25, -0.2) is 4.79 Å². The van der Waals surface area contributed by atoms with Gasteiger partial charge in [-0.1, -0.05) is 68.7 Å². The highest BCUT2D eigenvalue weighted by Crippen LogP contribution is 2.38. The van der Waals surface area contributed by atoms with E-state index in [0.717, 1.165) is 83.2 Å². The number of amides is 1. The maximum absolute atomic E-state index is 13.1. The summed E-state index contributed by atoms with van der Waals surface area (Å²) >= 11 is 0. The molecule has 2 heterocycles. The zero-order valence-electron chi connectivity index (χ0n) is 26.1. The zero-order chi connectivity index (χ0) is 30.9. The Bertz CT molecular complexity index is 1180. The summed E-state index contributed by atoms with van der Waals surface area (Å²) in [5.74, 6) is 0.249. The van der Waals surface area contributed by atoms with Gasteiger partial charge in [0.1, 0.15) is 12.6 Å². The van der Waals surface area contributed by atoms with Crippen molar-refractivity contribution in [2.75, 3.05) is 44.7 Å². The van der Waals surface area contributed by atoms with E-state index in [9.17, 15) is 19.9 Å². The van der Waals surface area contributed by atoms with Crippen molar-refractivity contribution in [2.24, 2.45) is 11.8 Å². The molecule has 3 fully saturated rings. The standard InChI is InChI=1S/C35H49N4O5/c1-2-19-39(35(42)44-25-26-13-15-30(36-43)16-14-26)31-17-20-37(21-18-31)22-29-23-38(24-32(29)27-9-5-3-6-10-27)33(34(40)41)28-11-7-4-8-12-28/h3,5-6,9-10,13-16,28-29,31-33,36H,2,4,7-8,11-12,17-25H2,1H3,(H,40,41)/q-1/t29-,32+,33+/m0/s1. The summed E-state index contributed by atoms with van der Waals surface area (Å²) in [5, 5.41) is 21.1. The normalized spacial score (nSPS) is 22.9. The molecule has 2 aromatic rings. The van der Waals surface area contributed by atoms with Crippen LogP contribution in [0.3, 0.4) is 0 Å². The lowest BCUT2D eigenvalue weighted by Gasteiger charge is -2.39. The van der Waals surface area contributed by atoms with Gasteiger partial charge in [0.25, 0.3) is 0 Å². The molecule has 240 valence electrons. The molecule has 2 saturated heterocycles. The Morgan fingerprint density at radius 2 is 1.70 bits per heavy atom. The van der Waals surface area contributed by atoms with Crippen LogP contribution in [0.25, 0.3) is 0 Å². The number of benzene rings is 2. The average Bonchev–Trinajstić information content (AvgIpc) is 3.46. The van der Waals surface area contributed by atoms with Crippen molar-refractivity contribution in [1.82, 2.24) is 14.7 Å². The molecule has 5 rings (SSSR count). The van der Waals surface area contributed by atoms with Crippen LogP contribution in [0, 0.1) is 17.0 Å². The van der Waals surface area contributed by atoms with E-state index in [1.165, 1.54) is 12.0 Å². The summed E-state index contributed by atoms with van der Waals surface area (Å²) in [7, 11) is 0. The predicted octanol–water partition coefficient (Wildman–Crippen LogP) is 6.16. The topological polar surface area (TPSA) is 108 Å². The Hall–Kier alpha value is -3.14. The van der Waals surface area contributed by atoms with Gasteiger partial charge in [0.05, 0.1) is 0 Å². The van der Waals surface area contributed by atoms with Crippen LogP contribution in [0.15, 0.2) is 54.6 Å². The van der Waals surface area contributed by atoms with E-state index < -0.39 is 12.0 Å². The molecule has 9 nitrogen and oxygen atoms in total. The summed E-state index contributed by atoms with van der Waals surface area (Å²) in [6.07, 6.45) is 7.90. The van der Waals surface area contributed by atoms with E-state index in [1.54, 1.807) is 24.3 Å². The Kier molecular flexibility index (Phi) is 11.5. The number of hydrogen-bond acceptors (Lipinski definition) is 7. The van der Waals surface area contributed by atoms with Gasteiger partial charge in [-0.2, -0.15) is 0 Å². The van der Waals surface area contributed by atoms with Crippen LogP contribution >= 0.6 is 0 Å². The Morgan fingerprint density at radius 3 is 2.34 bits per heavy atom. The van der Waals surface area contributed by atoms with Gasteiger partial charge >= 0.3 is 12.1 Å². The Morgan fingerprint density at radius 1 is 1.00 bits per heavy atom. The highest BCUT2D eigenvalue weighted by atomic mass is 16.6. The van der Waals surface area contributed by atoms with Crippen LogP contribution in [-0.2, 0) is 16.1 Å². The molecule has 3 atom stereocenters. The first-order chi connectivity index (χ1) is 21.5. The molecule has 1 amide bonds. The number of carbonyl (C=O) groups excluding carboxylic acids is 1. The van der Waals surface area contributed by atoms with Gasteiger partial charge in [0.15, 0.2) is 0 Å². The highest BCUT2D eigenvalue weighted by Gasteiger charge is 2.43. The van der Waals surface area contributed by atoms with Gasteiger partial charge in [-0.05, 0) is 67.2 Å². The molecule has 44 heavy (non-hydrogen) atoms. The summed E-state index contributed by atoms with van der Waals surface area (Å²) in [5.41, 5.74) is 4.49. The molecule has 0 unspecified atom stereocenters. The predicted molar refractivity (Wildman–Crippen MR) is 172 cm³/mol. The molecule has 2 aromatic carbocycles. The number of likely N-dealkylation sites (tertiary alicyclic amines) is 2. The van der Waals surface area contributed by atoms with Gasteiger partial charge in [-0.15, -0.1) is 0 Å². The second-order valence-electron chi connectivity index (χ2n) is 13.0. The largest absolute Gasteiger partial charge is 0.761 e. The SMILES string of the molecule is CCCN(C(=O)OCc1ccc(N[O-])cc1)C1CCN(C[C@H]2CN([C@@H](C(=O)O)C3CCCCC3)C[C@@H]2c2ccccc2)CC1. The van der Waals surface area contributed by atoms with Gasteiger partial charge in [0, 0.05) is 56.9 Å². The lowest BCUT2D eigenvalue weighted by molar-refractivity contribution is -0.145. The molecule has 1 aliphatic carbocycles. The van der Waals surface area contributed by atoms with Gasteiger partial charge < -0.3 is 30.3 Å². The monoisotopic (exact) mass is 605 g/mol. The molecule has 0 radical (unpaired) electrons. The summed E-state index contributed by atoms with van der Waals surface area (Å²) in [4.78, 5) is 32.4. The van der Waals surface area contributed by atoms with E-state index >= 15 is 0 Å². The Labute approximate surface area is 262 Å². The zero-order valence-corrected chi connectivity index (χ0v) is 26.1. The summed E-state index contributed by atoms with van der Waals surface area (Å²) in [6, 6.07) is 17.3. The van der Waals surface area contributed by atoms with Crippen LogP contribution in [0.1, 0.15) is 75.3 Å². The smallest absolute Gasteiger partial charge is 0.410 e. The number of carboxylic acids is 1. The Balaban J connectivity index is 1.19. The number of nitrogens with zero attached hydrogens (tertiary/aromatic N) is 3. The van der Waals surface area contributed by atoms with E-state index in [-0.39, 0.29) is 24.7 Å². The summed E-state index contributed by atoms with van der Waals surface area (Å²) < 4.78 is 5.69. The maximum atomic E-state index is 13.1. The number of anilines is 1. The molecule has 9 heteroatoms.